The van der Waals surface area contributed by atoms with Crippen LogP contribution in [0.2, 0.25) is 0 Å². The summed E-state index contributed by atoms with van der Waals surface area (Å²) in [5, 5.41) is 9.26. The number of carboxylic acids is 1. The summed E-state index contributed by atoms with van der Waals surface area (Å²) in [5.41, 5.74) is 0. The first-order valence-electron chi connectivity index (χ1n) is 8.20. The van der Waals surface area contributed by atoms with Crippen molar-refractivity contribution < 1.29 is 19.4 Å². The summed E-state index contributed by atoms with van der Waals surface area (Å²) >= 11 is 0. The third-order valence-electron chi connectivity index (χ3n) is 5.75. The molecule has 3 rings (SSSR count). The Balaban J connectivity index is 1.62. The minimum absolute atomic E-state index is 0.122. The van der Waals surface area contributed by atoms with E-state index in [1.165, 1.54) is 25.7 Å². The normalized spacial score (nSPS) is 37.9. The van der Waals surface area contributed by atoms with Crippen LogP contribution >= 0.6 is 0 Å². The van der Waals surface area contributed by atoms with Gasteiger partial charge < -0.3 is 14.7 Å². The fourth-order valence-corrected chi connectivity index (χ4v) is 4.65. The molecular weight excluding hydrogens is 270 g/mol. The monoisotopic (exact) mass is 295 g/mol. The first-order valence-corrected chi connectivity index (χ1v) is 8.20. The van der Waals surface area contributed by atoms with Gasteiger partial charge in [-0.15, -0.1) is 0 Å². The average Bonchev–Trinajstić information content (AvgIpc) is 3.14. The van der Waals surface area contributed by atoms with E-state index in [1.807, 2.05) is 6.92 Å². The van der Waals surface area contributed by atoms with E-state index < -0.39 is 11.9 Å². The summed E-state index contributed by atoms with van der Waals surface area (Å²) in [6.07, 6.45) is 5.70. The maximum atomic E-state index is 12.6. The third kappa shape index (κ3) is 2.80. The number of carbonyl (C=O) groups excluding carboxylic acids is 1. The number of nitrogens with zero attached hydrogens (tertiary/aromatic N) is 1. The molecule has 1 aliphatic heterocycles. The van der Waals surface area contributed by atoms with Crippen molar-refractivity contribution in [3.05, 3.63) is 0 Å². The van der Waals surface area contributed by atoms with Crippen LogP contribution in [0, 0.1) is 23.7 Å². The van der Waals surface area contributed by atoms with Gasteiger partial charge in [0.2, 0.25) is 5.91 Å². The van der Waals surface area contributed by atoms with Crippen LogP contribution in [0.1, 0.15) is 39.0 Å². The lowest BCUT2D eigenvalue weighted by molar-refractivity contribution is -0.145. The molecule has 5 heteroatoms. The minimum Gasteiger partial charge on any atom is -0.481 e. The second-order valence-corrected chi connectivity index (χ2v) is 6.87. The van der Waals surface area contributed by atoms with Crippen molar-refractivity contribution in [2.45, 2.75) is 45.1 Å². The number of hydrogen-bond donors (Lipinski definition) is 1. The fraction of sp³-hybridized carbons (Fsp3) is 0.875. The van der Waals surface area contributed by atoms with Gasteiger partial charge in [-0.2, -0.15) is 0 Å². The molecular formula is C16H25NO4. The second kappa shape index (κ2) is 5.95. The van der Waals surface area contributed by atoms with Crippen molar-refractivity contribution in [3.8, 4) is 0 Å². The molecule has 1 heterocycles. The lowest BCUT2D eigenvalue weighted by Gasteiger charge is -2.31. The van der Waals surface area contributed by atoms with Crippen molar-refractivity contribution in [2.75, 3.05) is 19.8 Å². The maximum absolute atomic E-state index is 12.6. The highest BCUT2D eigenvalue weighted by Gasteiger charge is 2.43. The number of hydrogen-bond acceptors (Lipinski definition) is 3. The fourth-order valence-electron chi connectivity index (χ4n) is 4.65. The molecule has 5 nitrogen and oxygen atoms in total. The Morgan fingerprint density at radius 2 is 2.05 bits per heavy atom. The first kappa shape index (κ1) is 14.8. The highest BCUT2D eigenvalue weighted by atomic mass is 16.5. The number of aliphatic carboxylic acids is 1. The molecule has 1 saturated heterocycles. The molecule has 118 valence electrons. The number of likely N-dealkylation sites (N-methyl/N-ethyl adjacent to an activating group) is 1. The Hall–Kier alpha value is -1.10. The van der Waals surface area contributed by atoms with E-state index >= 15 is 0 Å². The van der Waals surface area contributed by atoms with Crippen LogP contribution in [-0.2, 0) is 14.3 Å². The zero-order chi connectivity index (χ0) is 15.0. The molecule has 1 N–H and O–H groups in total. The van der Waals surface area contributed by atoms with Gasteiger partial charge in [-0.25, -0.2) is 0 Å². The molecule has 1 amide bonds. The maximum Gasteiger partial charge on any atom is 0.311 e. The highest BCUT2D eigenvalue weighted by Crippen LogP contribution is 2.49. The van der Waals surface area contributed by atoms with Gasteiger partial charge in [0.15, 0.2) is 0 Å². The summed E-state index contributed by atoms with van der Waals surface area (Å²) < 4.78 is 5.31. The summed E-state index contributed by atoms with van der Waals surface area (Å²) in [6, 6.07) is -0.293. The Labute approximate surface area is 125 Å². The molecule has 21 heavy (non-hydrogen) atoms. The van der Waals surface area contributed by atoms with Gasteiger partial charge in [0, 0.05) is 13.0 Å². The molecule has 3 aliphatic rings. The minimum atomic E-state index is -0.858. The largest absolute Gasteiger partial charge is 0.481 e. The van der Waals surface area contributed by atoms with E-state index in [0.29, 0.717) is 25.5 Å². The van der Waals surface area contributed by atoms with Gasteiger partial charge in [-0.05, 0) is 43.9 Å². The highest BCUT2D eigenvalue weighted by molar-refractivity contribution is 5.79. The van der Waals surface area contributed by atoms with Gasteiger partial charge >= 0.3 is 5.97 Å². The Morgan fingerprint density at radius 3 is 2.62 bits per heavy atom. The van der Waals surface area contributed by atoms with E-state index in [1.54, 1.807) is 4.90 Å². The standard InChI is InChI=1S/C16H25NO4/c1-2-17(14-9-21-8-13(14)16(19)20)15(18)7-12-6-10-3-4-11(12)5-10/h10-14H,2-9H2,1H3,(H,19,20). The number of amides is 1. The smallest absolute Gasteiger partial charge is 0.311 e. The van der Waals surface area contributed by atoms with Gasteiger partial charge in [-0.1, -0.05) is 6.42 Å². The summed E-state index contributed by atoms with van der Waals surface area (Å²) in [7, 11) is 0. The zero-order valence-corrected chi connectivity index (χ0v) is 12.7. The van der Waals surface area contributed by atoms with Crippen LogP contribution in [0.4, 0.5) is 0 Å². The average molecular weight is 295 g/mol. The van der Waals surface area contributed by atoms with E-state index in [9.17, 15) is 14.7 Å². The summed E-state index contributed by atoms with van der Waals surface area (Å²) in [4.78, 5) is 25.7. The topological polar surface area (TPSA) is 66.8 Å². The Kier molecular flexibility index (Phi) is 4.20. The lowest BCUT2D eigenvalue weighted by atomic mass is 9.86. The summed E-state index contributed by atoms with van der Waals surface area (Å²) in [5.74, 6) is 0.780. The molecule has 0 radical (unpaired) electrons. The van der Waals surface area contributed by atoms with Crippen LogP contribution in [0.3, 0.4) is 0 Å². The molecule has 0 aromatic heterocycles. The molecule has 5 atom stereocenters. The molecule has 2 aliphatic carbocycles. The van der Waals surface area contributed by atoms with Gasteiger partial charge in [0.1, 0.15) is 5.92 Å². The quantitative estimate of drug-likeness (QED) is 0.839. The van der Waals surface area contributed by atoms with Gasteiger partial charge in [-0.3, -0.25) is 9.59 Å². The van der Waals surface area contributed by atoms with Gasteiger partial charge in [0.05, 0.1) is 19.3 Å². The van der Waals surface area contributed by atoms with Crippen molar-refractivity contribution >= 4 is 11.9 Å². The lowest BCUT2D eigenvalue weighted by Crippen LogP contribution is -2.47. The van der Waals surface area contributed by atoms with Gasteiger partial charge in [0.25, 0.3) is 0 Å². The van der Waals surface area contributed by atoms with E-state index in [2.05, 4.69) is 0 Å². The van der Waals surface area contributed by atoms with Crippen LogP contribution in [0.15, 0.2) is 0 Å². The predicted octanol–water partition coefficient (Wildman–Crippen LogP) is 1.76. The molecule has 2 bridgehead atoms. The molecule has 0 spiro atoms. The molecule has 5 unspecified atom stereocenters. The number of ether oxygens (including phenoxy) is 1. The van der Waals surface area contributed by atoms with E-state index in [0.717, 1.165) is 11.8 Å². The van der Waals surface area contributed by atoms with Crippen LogP contribution in [-0.4, -0.2) is 47.7 Å². The van der Waals surface area contributed by atoms with E-state index in [-0.39, 0.29) is 18.6 Å². The van der Waals surface area contributed by atoms with Crippen molar-refractivity contribution in [1.82, 2.24) is 4.90 Å². The zero-order valence-electron chi connectivity index (χ0n) is 12.7. The number of rotatable bonds is 5. The number of carbonyl (C=O) groups is 2. The Morgan fingerprint density at radius 1 is 1.24 bits per heavy atom. The molecule has 3 fully saturated rings. The molecule has 0 aromatic rings. The SMILES string of the molecule is CCN(C(=O)CC1CC2CCC1C2)C1COCC1C(=O)O. The van der Waals surface area contributed by atoms with Crippen molar-refractivity contribution in [2.24, 2.45) is 23.7 Å². The number of carboxylic acid groups (broad SMARTS) is 1. The van der Waals surface area contributed by atoms with Crippen molar-refractivity contribution in [1.29, 1.82) is 0 Å². The molecule has 2 saturated carbocycles. The van der Waals surface area contributed by atoms with E-state index in [4.69, 9.17) is 4.74 Å². The number of fused-ring (bicyclic) bond motifs is 2. The van der Waals surface area contributed by atoms with Crippen LogP contribution < -0.4 is 0 Å². The predicted molar refractivity (Wildman–Crippen MR) is 76.7 cm³/mol. The first-order chi connectivity index (χ1) is 10.1. The van der Waals surface area contributed by atoms with Crippen LogP contribution in [0.25, 0.3) is 0 Å². The van der Waals surface area contributed by atoms with Crippen LogP contribution in [0.5, 0.6) is 0 Å². The van der Waals surface area contributed by atoms with Crippen molar-refractivity contribution in [3.63, 3.8) is 0 Å². The molecule has 0 aromatic carbocycles. The third-order valence-corrected chi connectivity index (χ3v) is 5.75. The second-order valence-electron chi connectivity index (χ2n) is 6.87. The Bertz CT molecular complexity index is 425. The summed E-state index contributed by atoms with van der Waals surface area (Å²) in [6.45, 7) is 3.07.